The van der Waals surface area contributed by atoms with Crippen LogP contribution in [0.25, 0.3) is 0 Å². The molecular formula is C9H20N2O. The van der Waals surface area contributed by atoms with Gasteiger partial charge in [0.25, 0.3) is 0 Å². The molecule has 0 spiro atoms. The maximum atomic E-state index is 11.2. The van der Waals surface area contributed by atoms with Gasteiger partial charge in [-0.15, -0.1) is 0 Å². The second kappa shape index (κ2) is 6.00. The van der Waals surface area contributed by atoms with E-state index in [4.69, 9.17) is 5.73 Å². The molecule has 0 rings (SSSR count). The van der Waals surface area contributed by atoms with E-state index in [1.54, 1.807) is 0 Å². The van der Waals surface area contributed by atoms with Gasteiger partial charge in [0, 0.05) is 12.5 Å². The van der Waals surface area contributed by atoms with E-state index in [0.717, 1.165) is 6.42 Å². The van der Waals surface area contributed by atoms with Gasteiger partial charge in [0.1, 0.15) is 0 Å². The van der Waals surface area contributed by atoms with Gasteiger partial charge < -0.3 is 11.1 Å². The number of nitrogens with two attached hydrogens (primary N) is 1. The first-order valence-electron chi connectivity index (χ1n) is 4.57. The smallest absolute Gasteiger partial charge is 0.220 e. The molecule has 0 aromatic heterocycles. The summed E-state index contributed by atoms with van der Waals surface area (Å²) in [7, 11) is 0. The van der Waals surface area contributed by atoms with Crippen molar-refractivity contribution in [3.63, 3.8) is 0 Å². The van der Waals surface area contributed by atoms with Crippen molar-refractivity contribution in [3.05, 3.63) is 0 Å². The lowest BCUT2D eigenvalue weighted by Crippen LogP contribution is -2.36. The van der Waals surface area contributed by atoms with Gasteiger partial charge in [0.15, 0.2) is 0 Å². The monoisotopic (exact) mass is 172 g/mol. The number of carbonyl (C=O) groups is 1. The molecule has 0 heterocycles. The van der Waals surface area contributed by atoms with Crippen LogP contribution < -0.4 is 11.1 Å². The molecule has 0 radical (unpaired) electrons. The highest BCUT2D eigenvalue weighted by Crippen LogP contribution is 2.00. The summed E-state index contributed by atoms with van der Waals surface area (Å²) in [5, 5.41) is 2.92. The normalized spacial score (nSPS) is 13.1. The second-order valence-electron chi connectivity index (χ2n) is 3.49. The molecule has 0 aromatic carbocycles. The Morgan fingerprint density at radius 1 is 1.42 bits per heavy atom. The Hall–Kier alpha value is -0.570. The van der Waals surface area contributed by atoms with Crippen LogP contribution in [0.15, 0.2) is 0 Å². The second-order valence-corrected chi connectivity index (χ2v) is 3.49. The summed E-state index contributed by atoms with van der Waals surface area (Å²) in [6.45, 7) is 6.79. The van der Waals surface area contributed by atoms with Crippen molar-refractivity contribution < 1.29 is 4.79 Å². The Balaban J connectivity index is 3.54. The Morgan fingerprint density at radius 2 is 2.00 bits per heavy atom. The molecule has 0 saturated heterocycles. The quantitative estimate of drug-likeness (QED) is 0.647. The minimum atomic E-state index is 0.113. The van der Waals surface area contributed by atoms with Crippen molar-refractivity contribution in [2.75, 3.05) is 6.54 Å². The van der Waals surface area contributed by atoms with Gasteiger partial charge in [-0.05, 0) is 25.8 Å². The maximum absolute atomic E-state index is 11.2. The molecule has 0 saturated carbocycles. The first-order valence-corrected chi connectivity index (χ1v) is 4.57. The lowest BCUT2D eigenvalue weighted by Gasteiger charge is -2.17. The van der Waals surface area contributed by atoms with Gasteiger partial charge in [-0.1, -0.05) is 13.8 Å². The topological polar surface area (TPSA) is 55.1 Å². The van der Waals surface area contributed by atoms with Crippen molar-refractivity contribution in [1.29, 1.82) is 0 Å². The van der Waals surface area contributed by atoms with E-state index in [2.05, 4.69) is 19.2 Å². The molecule has 3 N–H and O–H groups in total. The van der Waals surface area contributed by atoms with E-state index in [0.29, 0.717) is 18.9 Å². The van der Waals surface area contributed by atoms with E-state index in [-0.39, 0.29) is 11.9 Å². The van der Waals surface area contributed by atoms with Crippen LogP contribution in [0.1, 0.15) is 33.6 Å². The third-order valence-corrected chi connectivity index (χ3v) is 2.00. The molecule has 1 atom stereocenters. The molecule has 3 nitrogen and oxygen atoms in total. The SMILES string of the molecule is CC(C)C(C)NC(=O)CCCN. The average Bonchev–Trinajstić information content (AvgIpc) is 2.00. The Kier molecular flexibility index (Phi) is 5.72. The molecule has 0 aliphatic carbocycles. The minimum Gasteiger partial charge on any atom is -0.353 e. The van der Waals surface area contributed by atoms with Crippen molar-refractivity contribution in [1.82, 2.24) is 5.32 Å². The Labute approximate surface area is 74.7 Å². The van der Waals surface area contributed by atoms with Crippen LogP contribution in [-0.4, -0.2) is 18.5 Å². The highest BCUT2D eigenvalue weighted by atomic mass is 16.1. The summed E-state index contributed by atoms with van der Waals surface area (Å²) in [6, 6.07) is 0.260. The van der Waals surface area contributed by atoms with Crippen molar-refractivity contribution in [2.24, 2.45) is 11.7 Å². The molecule has 0 aliphatic heterocycles. The largest absolute Gasteiger partial charge is 0.353 e. The predicted molar refractivity (Wildman–Crippen MR) is 50.7 cm³/mol. The van der Waals surface area contributed by atoms with E-state index < -0.39 is 0 Å². The maximum Gasteiger partial charge on any atom is 0.220 e. The fourth-order valence-corrected chi connectivity index (χ4v) is 0.755. The van der Waals surface area contributed by atoms with Gasteiger partial charge in [-0.3, -0.25) is 4.79 Å². The zero-order chi connectivity index (χ0) is 9.56. The predicted octanol–water partition coefficient (Wildman–Crippen LogP) is 0.886. The number of amides is 1. The van der Waals surface area contributed by atoms with Crippen LogP contribution >= 0.6 is 0 Å². The molecule has 3 heteroatoms. The molecule has 0 bridgehead atoms. The molecule has 0 aliphatic rings. The molecule has 1 unspecified atom stereocenters. The van der Waals surface area contributed by atoms with Crippen LogP contribution in [-0.2, 0) is 4.79 Å². The lowest BCUT2D eigenvalue weighted by molar-refractivity contribution is -0.122. The van der Waals surface area contributed by atoms with Crippen LogP contribution in [0.5, 0.6) is 0 Å². The van der Waals surface area contributed by atoms with E-state index in [1.165, 1.54) is 0 Å². The van der Waals surface area contributed by atoms with Crippen LogP contribution in [0, 0.1) is 5.92 Å². The van der Waals surface area contributed by atoms with E-state index >= 15 is 0 Å². The molecule has 0 aromatic rings. The van der Waals surface area contributed by atoms with Crippen molar-refractivity contribution >= 4 is 5.91 Å². The number of carbonyl (C=O) groups excluding carboxylic acids is 1. The fourth-order valence-electron chi connectivity index (χ4n) is 0.755. The highest BCUT2D eigenvalue weighted by Gasteiger charge is 2.09. The van der Waals surface area contributed by atoms with Gasteiger partial charge in [-0.2, -0.15) is 0 Å². The zero-order valence-electron chi connectivity index (χ0n) is 8.26. The first-order chi connectivity index (χ1) is 5.57. The molecule has 72 valence electrons. The summed E-state index contributed by atoms with van der Waals surface area (Å²) in [5.41, 5.74) is 5.29. The zero-order valence-corrected chi connectivity index (χ0v) is 8.26. The average molecular weight is 172 g/mol. The highest BCUT2D eigenvalue weighted by molar-refractivity contribution is 5.76. The summed E-state index contributed by atoms with van der Waals surface area (Å²) >= 11 is 0. The number of rotatable bonds is 5. The summed E-state index contributed by atoms with van der Waals surface area (Å²) in [4.78, 5) is 11.2. The molecule has 0 fully saturated rings. The standard InChI is InChI=1S/C9H20N2O/c1-7(2)8(3)11-9(12)5-4-6-10/h7-8H,4-6,10H2,1-3H3,(H,11,12). The van der Waals surface area contributed by atoms with Crippen molar-refractivity contribution in [2.45, 2.75) is 39.7 Å². The summed E-state index contributed by atoms with van der Waals surface area (Å²) in [6.07, 6.45) is 1.32. The Bertz CT molecular complexity index is 134. The van der Waals surface area contributed by atoms with E-state index in [1.807, 2.05) is 6.92 Å². The van der Waals surface area contributed by atoms with Crippen LogP contribution in [0.3, 0.4) is 0 Å². The minimum absolute atomic E-state index is 0.113. The number of hydrogen-bond donors (Lipinski definition) is 2. The number of nitrogens with one attached hydrogen (secondary N) is 1. The Morgan fingerprint density at radius 3 is 2.42 bits per heavy atom. The van der Waals surface area contributed by atoms with Crippen LogP contribution in [0.2, 0.25) is 0 Å². The fraction of sp³-hybridized carbons (Fsp3) is 0.889. The molecule has 12 heavy (non-hydrogen) atoms. The van der Waals surface area contributed by atoms with Crippen molar-refractivity contribution in [3.8, 4) is 0 Å². The summed E-state index contributed by atoms with van der Waals surface area (Å²) in [5.74, 6) is 0.605. The van der Waals surface area contributed by atoms with Gasteiger partial charge in [-0.25, -0.2) is 0 Å². The number of hydrogen-bond acceptors (Lipinski definition) is 2. The summed E-state index contributed by atoms with van der Waals surface area (Å²) < 4.78 is 0. The van der Waals surface area contributed by atoms with Gasteiger partial charge >= 0.3 is 0 Å². The molecular weight excluding hydrogens is 152 g/mol. The third kappa shape index (κ3) is 5.13. The van der Waals surface area contributed by atoms with Gasteiger partial charge in [0.05, 0.1) is 0 Å². The van der Waals surface area contributed by atoms with E-state index in [9.17, 15) is 4.79 Å². The molecule has 1 amide bonds. The third-order valence-electron chi connectivity index (χ3n) is 2.00. The first kappa shape index (κ1) is 11.4. The lowest BCUT2D eigenvalue weighted by atomic mass is 10.1. The van der Waals surface area contributed by atoms with Crippen LogP contribution in [0.4, 0.5) is 0 Å². The van der Waals surface area contributed by atoms with Gasteiger partial charge in [0.2, 0.25) is 5.91 Å².